The number of hydrogen-bond donors (Lipinski definition) is 3. The summed E-state index contributed by atoms with van der Waals surface area (Å²) in [4.78, 5) is 23.2. The Morgan fingerprint density at radius 2 is 2.00 bits per heavy atom. The molecule has 1 aromatic rings. The Morgan fingerprint density at radius 1 is 1.38 bits per heavy atom. The van der Waals surface area contributed by atoms with Crippen molar-refractivity contribution < 1.29 is 14.7 Å². The molecule has 2 amide bonds. The van der Waals surface area contributed by atoms with Crippen LogP contribution >= 0.6 is 0 Å². The van der Waals surface area contributed by atoms with Gasteiger partial charge in [-0.2, -0.15) is 5.26 Å². The number of carboxylic acids is 1. The molecule has 110 valence electrons. The summed E-state index contributed by atoms with van der Waals surface area (Å²) in [6.07, 6.45) is 1.64. The number of nitrogens with one attached hydrogen (secondary N) is 2. The maximum absolute atomic E-state index is 11.9. The average Bonchev–Trinajstić information content (AvgIpc) is 3.30. The molecule has 0 radical (unpaired) electrons. The fraction of sp³-hybridized carbons (Fsp3) is 0.400. The molecule has 0 saturated heterocycles. The Bertz CT molecular complexity index is 587. The summed E-state index contributed by atoms with van der Waals surface area (Å²) in [5.74, 6) is -1.02. The second kappa shape index (κ2) is 5.83. The number of carboxylic acid groups (broad SMARTS) is 1. The quantitative estimate of drug-likeness (QED) is 0.765. The molecule has 0 spiro atoms. The van der Waals surface area contributed by atoms with Crippen molar-refractivity contribution >= 4 is 12.0 Å². The lowest BCUT2D eigenvalue weighted by molar-refractivity contribution is -0.144. The van der Waals surface area contributed by atoms with Crippen molar-refractivity contribution in [2.24, 2.45) is 5.92 Å². The fourth-order valence-corrected chi connectivity index (χ4v) is 2.15. The Kier molecular flexibility index (Phi) is 4.13. The maximum Gasteiger partial charge on any atom is 0.329 e. The van der Waals surface area contributed by atoms with E-state index in [0.717, 1.165) is 18.4 Å². The van der Waals surface area contributed by atoms with Crippen LogP contribution in [0.2, 0.25) is 0 Å². The minimum absolute atomic E-state index is 0.00402. The van der Waals surface area contributed by atoms with E-state index in [1.54, 1.807) is 24.3 Å². The molecule has 0 heterocycles. The summed E-state index contributed by atoms with van der Waals surface area (Å²) in [5, 5.41) is 23.1. The highest BCUT2D eigenvalue weighted by Crippen LogP contribution is 2.39. The highest BCUT2D eigenvalue weighted by Gasteiger charge is 2.48. The van der Waals surface area contributed by atoms with Gasteiger partial charge in [0.05, 0.1) is 11.6 Å². The van der Waals surface area contributed by atoms with Crippen LogP contribution in [0.15, 0.2) is 24.3 Å². The molecule has 6 nitrogen and oxygen atoms in total. The molecule has 6 heteroatoms. The number of amides is 2. The predicted octanol–water partition coefficient (Wildman–Crippen LogP) is 1.61. The molecule has 2 rings (SSSR count). The zero-order valence-corrected chi connectivity index (χ0v) is 11.7. The highest BCUT2D eigenvalue weighted by molar-refractivity contribution is 5.86. The second-order valence-corrected chi connectivity index (χ2v) is 5.40. The molecule has 0 aliphatic heterocycles. The van der Waals surface area contributed by atoms with Crippen LogP contribution in [0.5, 0.6) is 0 Å². The van der Waals surface area contributed by atoms with Gasteiger partial charge in [0.2, 0.25) is 0 Å². The first-order chi connectivity index (χ1) is 9.95. The van der Waals surface area contributed by atoms with Crippen molar-refractivity contribution in [3.05, 3.63) is 35.4 Å². The summed E-state index contributed by atoms with van der Waals surface area (Å²) < 4.78 is 0. The molecule has 1 aliphatic carbocycles. The first-order valence-corrected chi connectivity index (χ1v) is 6.74. The van der Waals surface area contributed by atoms with E-state index in [1.165, 1.54) is 6.92 Å². The van der Waals surface area contributed by atoms with Crippen LogP contribution in [0.3, 0.4) is 0 Å². The topological polar surface area (TPSA) is 102 Å². The molecule has 1 aliphatic rings. The predicted molar refractivity (Wildman–Crippen MR) is 75.3 cm³/mol. The van der Waals surface area contributed by atoms with E-state index in [0.29, 0.717) is 5.56 Å². The minimum atomic E-state index is -1.21. The normalized spacial score (nSPS) is 16.4. The molecule has 0 aromatic heterocycles. The lowest BCUT2D eigenvalue weighted by atomic mass is 9.96. The van der Waals surface area contributed by atoms with E-state index in [1.807, 2.05) is 6.07 Å². The molecule has 1 atom stereocenters. The van der Waals surface area contributed by atoms with Gasteiger partial charge in [-0.25, -0.2) is 9.59 Å². The molecule has 1 fully saturated rings. The molecular weight excluding hydrogens is 270 g/mol. The van der Waals surface area contributed by atoms with Gasteiger partial charge in [0, 0.05) is 6.54 Å². The van der Waals surface area contributed by atoms with Crippen LogP contribution in [0.1, 0.15) is 30.9 Å². The molecule has 1 unspecified atom stereocenters. The van der Waals surface area contributed by atoms with Gasteiger partial charge in [0.1, 0.15) is 5.54 Å². The van der Waals surface area contributed by atoms with Crippen molar-refractivity contribution in [1.29, 1.82) is 5.26 Å². The van der Waals surface area contributed by atoms with Gasteiger partial charge in [-0.1, -0.05) is 12.1 Å². The van der Waals surface area contributed by atoms with Gasteiger partial charge in [-0.3, -0.25) is 0 Å². The van der Waals surface area contributed by atoms with E-state index in [9.17, 15) is 14.7 Å². The second-order valence-electron chi connectivity index (χ2n) is 5.40. The highest BCUT2D eigenvalue weighted by atomic mass is 16.4. The number of carbonyl (C=O) groups is 2. The van der Waals surface area contributed by atoms with Gasteiger partial charge >= 0.3 is 12.0 Å². The maximum atomic E-state index is 11.9. The molecule has 1 saturated carbocycles. The molecule has 0 bridgehead atoms. The smallest absolute Gasteiger partial charge is 0.329 e. The Balaban J connectivity index is 1.89. The van der Waals surface area contributed by atoms with Crippen molar-refractivity contribution in [3.8, 4) is 6.07 Å². The van der Waals surface area contributed by atoms with Gasteiger partial charge in [0.25, 0.3) is 0 Å². The zero-order chi connectivity index (χ0) is 15.5. The fourth-order valence-electron chi connectivity index (χ4n) is 2.15. The number of urea groups is 1. The van der Waals surface area contributed by atoms with Crippen molar-refractivity contribution in [1.82, 2.24) is 10.6 Å². The number of aliphatic carboxylic acids is 1. The van der Waals surface area contributed by atoms with Crippen LogP contribution in [0, 0.1) is 17.2 Å². The van der Waals surface area contributed by atoms with Crippen LogP contribution < -0.4 is 10.6 Å². The first-order valence-electron chi connectivity index (χ1n) is 6.74. The number of carbonyl (C=O) groups excluding carboxylic acids is 1. The number of rotatable bonds is 5. The van der Waals surface area contributed by atoms with E-state index in [-0.39, 0.29) is 12.5 Å². The standard InChI is InChI=1S/C15H17N3O3/c1-15(13(19)20,12-6-7-12)18-14(21)17-9-11-4-2-10(8-16)3-5-11/h2-5,12H,6-7,9H2,1H3,(H,19,20)(H2,17,18,21). The van der Waals surface area contributed by atoms with E-state index < -0.39 is 17.5 Å². The SMILES string of the molecule is CC(NC(=O)NCc1ccc(C#N)cc1)(C(=O)O)C1CC1. The third-order valence-electron chi connectivity index (χ3n) is 3.75. The van der Waals surface area contributed by atoms with Crippen LogP contribution in [-0.2, 0) is 11.3 Å². The average molecular weight is 287 g/mol. The summed E-state index contributed by atoms with van der Waals surface area (Å²) in [6.45, 7) is 1.81. The van der Waals surface area contributed by atoms with Crippen molar-refractivity contribution in [2.75, 3.05) is 0 Å². The summed E-state index contributed by atoms with van der Waals surface area (Å²) >= 11 is 0. The Labute approximate surface area is 122 Å². The summed E-state index contributed by atoms with van der Waals surface area (Å²) in [5.41, 5.74) is 0.178. The Morgan fingerprint density at radius 3 is 2.48 bits per heavy atom. The number of nitriles is 1. The lowest BCUT2D eigenvalue weighted by Gasteiger charge is -2.26. The van der Waals surface area contributed by atoms with Gasteiger partial charge in [-0.05, 0) is 43.4 Å². The monoisotopic (exact) mass is 287 g/mol. The van der Waals surface area contributed by atoms with Crippen molar-refractivity contribution in [2.45, 2.75) is 31.8 Å². The van der Waals surface area contributed by atoms with E-state index >= 15 is 0 Å². The largest absolute Gasteiger partial charge is 0.480 e. The van der Waals surface area contributed by atoms with Crippen LogP contribution in [-0.4, -0.2) is 22.6 Å². The number of hydrogen-bond acceptors (Lipinski definition) is 3. The Hall–Kier alpha value is -2.55. The molecule has 21 heavy (non-hydrogen) atoms. The lowest BCUT2D eigenvalue weighted by Crippen LogP contribution is -2.56. The third kappa shape index (κ3) is 3.51. The van der Waals surface area contributed by atoms with Crippen LogP contribution in [0.4, 0.5) is 4.79 Å². The molecule has 3 N–H and O–H groups in total. The zero-order valence-electron chi connectivity index (χ0n) is 11.7. The first kappa shape index (κ1) is 14.9. The third-order valence-corrected chi connectivity index (χ3v) is 3.75. The number of benzene rings is 1. The van der Waals surface area contributed by atoms with E-state index in [2.05, 4.69) is 10.6 Å². The van der Waals surface area contributed by atoms with Gasteiger partial charge in [-0.15, -0.1) is 0 Å². The van der Waals surface area contributed by atoms with Gasteiger partial charge < -0.3 is 15.7 Å². The molecular formula is C15H17N3O3. The summed E-state index contributed by atoms with van der Waals surface area (Å²) in [7, 11) is 0. The van der Waals surface area contributed by atoms with E-state index in [4.69, 9.17) is 5.26 Å². The van der Waals surface area contributed by atoms with Gasteiger partial charge in [0.15, 0.2) is 0 Å². The van der Waals surface area contributed by atoms with Crippen molar-refractivity contribution in [3.63, 3.8) is 0 Å². The number of nitrogens with zero attached hydrogens (tertiary/aromatic N) is 1. The minimum Gasteiger partial charge on any atom is -0.480 e. The molecule has 1 aromatic carbocycles. The van der Waals surface area contributed by atoms with Crippen LogP contribution in [0.25, 0.3) is 0 Å². The summed E-state index contributed by atoms with van der Waals surface area (Å²) in [6, 6.07) is 8.34.